The molecule has 1 rings (SSSR count). The minimum atomic E-state index is -0.710. The topological polar surface area (TPSA) is 68.3 Å². The number of esters is 1. The largest absolute Gasteiger partial charge is 0.467 e. The van der Waals surface area contributed by atoms with E-state index in [9.17, 15) is 9.59 Å². The molecule has 1 atom stereocenters. The summed E-state index contributed by atoms with van der Waals surface area (Å²) < 4.78 is 4.59. The zero-order chi connectivity index (χ0) is 12.7. The van der Waals surface area contributed by atoms with E-state index in [1.807, 2.05) is 0 Å². The fraction of sp³-hybridized carbons (Fsp3) is 0.250. The molecule has 0 aliphatic carbocycles. The Morgan fingerprint density at radius 3 is 2.71 bits per heavy atom. The van der Waals surface area contributed by atoms with Crippen molar-refractivity contribution in [1.29, 1.82) is 0 Å². The van der Waals surface area contributed by atoms with Gasteiger partial charge in [-0.15, -0.1) is 6.58 Å². The van der Waals surface area contributed by atoms with E-state index in [2.05, 4.69) is 21.6 Å². The quantitative estimate of drug-likeness (QED) is 0.608. The molecule has 5 nitrogen and oxygen atoms in total. The molecule has 5 heteroatoms. The number of hydrogen-bond donors (Lipinski definition) is 1. The summed E-state index contributed by atoms with van der Waals surface area (Å²) in [6, 6.07) is 2.42. The van der Waals surface area contributed by atoms with Crippen LogP contribution in [-0.2, 0) is 9.53 Å². The average molecular weight is 234 g/mol. The van der Waals surface area contributed by atoms with Gasteiger partial charge < -0.3 is 10.1 Å². The van der Waals surface area contributed by atoms with E-state index in [-0.39, 0.29) is 5.91 Å². The Hall–Kier alpha value is -2.17. The molecule has 0 unspecified atom stereocenters. The van der Waals surface area contributed by atoms with E-state index in [0.717, 1.165) is 0 Å². The van der Waals surface area contributed by atoms with Gasteiger partial charge in [-0.25, -0.2) is 4.79 Å². The second-order valence-electron chi connectivity index (χ2n) is 3.31. The number of carbonyl (C=O) groups is 2. The maximum absolute atomic E-state index is 11.8. The highest BCUT2D eigenvalue weighted by atomic mass is 16.5. The highest BCUT2D eigenvalue weighted by molar-refractivity contribution is 5.96. The molecule has 1 aromatic rings. The molecule has 1 heterocycles. The third kappa shape index (κ3) is 3.71. The van der Waals surface area contributed by atoms with E-state index < -0.39 is 12.0 Å². The van der Waals surface area contributed by atoms with Gasteiger partial charge >= 0.3 is 5.97 Å². The molecular formula is C12H14N2O3. The number of rotatable bonds is 5. The minimum Gasteiger partial charge on any atom is -0.467 e. The molecule has 17 heavy (non-hydrogen) atoms. The predicted octanol–water partition coefficient (Wildman–Crippen LogP) is 0.929. The molecule has 0 aromatic carbocycles. The summed E-state index contributed by atoms with van der Waals surface area (Å²) in [5, 5.41) is 2.57. The first kappa shape index (κ1) is 12.9. The molecule has 0 fully saturated rings. The second kappa shape index (κ2) is 6.42. The lowest BCUT2D eigenvalue weighted by Crippen LogP contribution is -2.41. The van der Waals surface area contributed by atoms with Gasteiger partial charge in [0.2, 0.25) is 0 Å². The van der Waals surface area contributed by atoms with Gasteiger partial charge in [-0.05, 0) is 18.6 Å². The number of aromatic nitrogens is 1. The first-order valence-corrected chi connectivity index (χ1v) is 5.08. The molecule has 0 aliphatic rings. The summed E-state index contributed by atoms with van der Waals surface area (Å²) in [5.41, 5.74) is 0.443. The van der Waals surface area contributed by atoms with Crippen molar-refractivity contribution in [2.45, 2.75) is 12.5 Å². The Kier molecular flexibility index (Phi) is 4.87. The third-order valence-corrected chi connectivity index (χ3v) is 2.14. The van der Waals surface area contributed by atoms with Crippen LogP contribution >= 0.6 is 0 Å². The smallest absolute Gasteiger partial charge is 0.328 e. The van der Waals surface area contributed by atoms with Crippen LogP contribution in [0.15, 0.2) is 37.2 Å². The molecule has 90 valence electrons. The van der Waals surface area contributed by atoms with Gasteiger partial charge in [0.25, 0.3) is 5.91 Å². The van der Waals surface area contributed by atoms with Crippen LogP contribution in [0.25, 0.3) is 0 Å². The van der Waals surface area contributed by atoms with Crippen molar-refractivity contribution in [3.05, 3.63) is 42.7 Å². The number of nitrogens with one attached hydrogen (secondary N) is 1. The van der Waals surface area contributed by atoms with Crippen molar-refractivity contribution in [3.63, 3.8) is 0 Å². The van der Waals surface area contributed by atoms with Crippen molar-refractivity contribution in [3.8, 4) is 0 Å². The minimum absolute atomic E-state index is 0.323. The van der Waals surface area contributed by atoms with Gasteiger partial charge in [0.15, 0.2) is 0 Å². The molecule has 1 aromatic heterocycles. The van der Waals surface area contributed by atoms with Gasteiger partial charge in [-0.1, -0.05) is 6.08 Å². The highest BCUT2D eigenvalue weighted by Crippen LogP contribution is 2.01. The summed E-state index contributed by atoms with van der Waals surface area (Å²) >= 11 is 0. The maximum Gasteiger partial charge on any atom is 0.328 e. The van der Waals surface area contributed by atoms with Crippen LogP contribution in [0.2, 0.25) is 0 Å². The second-order valence-corrected chi connectivity index (χ2v) is 3.31. The predicted molar refractivity (Wildman–Crippen MR) is 62.3 cm³/mol. The lowest BCUT2D eigenvalue weighted by atomic mass is 10.2. The normalized spacial score (nSPS) is 11.4. The number of nitrogens with zero attached hydrogens (tertiary/aromatic N) is 1. The fourth-order valence-corrected chi connectivity index (χ4v) is 1.27. The molecule has 0 spiro atoms. The molecule has 0 bridgehead atoms. The van der Waals surface area contributed by atoms with Crippen molar-refractivity contribution in [1.82, 2.24) is 10.3 Å². The molecule has 0 saturated carbocycles. The Bertz CT molecular complexity index is 403. The van der Waals surface area contributed by atoms with Crippen LogP contribution in [-0.4, -0.2) is 30.0 Å². The maximum atomic E-state index is 11.8. The van der Waals surface area contributed by atoms with Gasteiger partial charge in [0.1, 0.15) is 6.04 Å². The zero-order valence-corrected chi connectivity index (χ0v) is 9.55. The summed E-state index contributed by atoms with van der Waals surface area (Å²) in [6.45, 7) is 3.53. The summed E-state index contributed by atoms with van der Waals surface area (Å²) in [6.07, 6.45) is 4.89. The number of amides is 1. The lowest BCUT2D eigenvalue weighted by Gasteiger charge is -2.14. The standard InChI is InChI=1S/C12H14N2O3/c1-3-4-10(12(16)17-2)14-11(15)9-5-7-13-8-6-9/h3,5-8,10H,1,4H2,2H3,(H,14,15)/t10-/m1/s1. The van der Waals surface area contributed by atoms with Gasteiger partial charge in [-0.3, -0.25) is 9.78 Å². The SMILES string of the molecule is C=CC[C@@H](NC(=O)c1ccncc1)C(=O)OC. The highest BCUT2D eigenvalue weighted by Gasteiger charge is 2.20. The molecule has 1 amide bonds. The molecule has 0 aliphatic heterocycles. The van der Waals surface area contributed by atoms with Crippen LogP contribution in [0.5, 0.6) is 0 Å². The van der Waals surface area contributed by atoms with Gasteiger partial charge in [0.05, 0.1) is 7.11 Å². The lowest BCUT2D eigenvalue weighted by molar-refractivity contribution is -0.142. The van der Waals surface area contributed by atoms with Crippen LogP contribution < -0.4 is 5.32 Å². The van der Waals surface area contributed by atoms with E-state index in [4.69, 9.17) is 0 Å². The number of ether oxygens (including phenoxy) is 1. The van der Waals surface area contributed by atoms with Crippen LogP contribution in [0.3, 0.4) is 0 Å². The number of methoxy groups -OCH3 is 1. The fourth-order valence-electron chi connectivity index (χ4n) is 1.27. The molecule has 0 radical (unpaired) electrons. The van der Waals surface area contributed by atoms with Crippen LogP contribution in [0, 0.1) is 0 Å². The van der Waals surface area contributed by atoms with Gasteiger partial charge in [-0.2, -0.15) is 0 Å². The number of hydrogen-bond acceptors (Lipinski definition) is 4. The summed E-state index contributed by atoms with van der Waals surface area (Å²) in [4.78, 5) is 26.9. The summed E-state index contributed by atoms with van der Waals surface area (Å²) in [7, 11) is 1.27. The zero-order valence-electron chi connectivity index (χ0n) is 9.55. The Morgan fingerprint density at radius 1 is 1.53 bits per heavy atom. The Labute approximate surface area is 99.5 Å². The Morgan fingerprint density at radius 2 is 2.18 bits per heavy atom. The first-order valence-electron chi connectivity index (χ1n) is 5.08. The number of carbonyl (C=O) groups excluding carboxylic acids is 2. The van der Waals surface area contributed by atoms with Crippen molar-refractivity contribution < 1.29 is 14.3 Å². The van der Waals surface area contributed by atoms with Crippen molar-refractivity contribution >= 4 is 11.9 Å². The monoisotopic (exact) mass is 234 g/mol. The summed E-state index contributed by atoms with van der Waals surface area (Å²) in [5.74, 6) is -0.836. The molecular weight excluding hydrogens is 220 g/mol. The third-order valence-electron chi connectivity index (χ3n) is 2.14. The van der Waals surface area contributed by atoms with E-state index >= 15 is 0 Å². The molecule has 1 N–H and O–H groups in total. The van der Waals surface area contributed by atoms with Crippen molar-refractivity contribution in [2.24, 2.45) is 0 Å². The number of pyridine rings is 1. The Balaban J connectivity index is 2.71. The first-order chi connectivity index (χ1) is 8.19. The average Bonchev–Trinajstić information content (AvgIpc) is 2.38. The van der Waals surface area contributed by atoms with Crippen LogP contribution in [0.4, 0.5) is 0 Å². The van der Waals surface area contributed by atoms with E-state index in [0.29, 0.717) is 12.0 Å². The van der Waals surface area contributed by atoms with Gasteiger partial charge in [0, 0.05) is 18.0 Å². The van der Waals surface area contributed by atoms with Crippen LogP contribution in [0.1, 0.15) is 16.8 Å². The van der Waals surface area contributed by atoms with E-state index in [1.165, 1.54) is 19.5 Å². The van der Waals surface area contributed by atoms with E-state index in [1.54, 1.807) is 18.2 Å². The molecule has 0 saturated heterocycles. The van der Waals surface area contributed by atoms with Crippen molar-refractivity contribution in [2.75, 3.05) is 7.11 Å².